The summed E-state index contributed by atoms with van der Waals surface area (Å²) in [4.78, 5) is 14.2. The van der Waals surface area contributed by atoms with Crippen molar-refractivity contribution >= 4 is 15.9 Å². The van der Waals surface area contributed by atoms with E-state index in [1.54, 1.807) is 18.2 Å². The third kappa shape index (κ3) is 2.92. The highest BCUT2D eigenvalue weighted by Gasteiger charge is 2.35. The molecule has 1 amide bonds. The maximum Gasteiger partial charge on any atom is 0.257 e. The van der Waals surface area contributed by atoms with Crippen LogP contribution >= 0.6 is 0 Å². The molecule has 0 radical (unpaired) electrons. The number of nitrogens with one attached hydrogen (secondary N) is 2. The van der Waals surface area contributed by atoms with Gasteiger partial charge in [-0.1, -0.05) is 12.1 Å². The number of sulfonamides is 1. The Morgan fingerprint density at radius 3 is 2.88 bits per heavy atom. The fourth-order valence-corrected chi connectivity index (χ4v) is 3.95. The zero-order valence-corrected chi connectivity index (χ0v) is 13.8. The van der Waals surface area contributed by atoms with Crippen LogP contribution in [0.25, 0.3) is 11.3 Å². The van der Waals surface area contributed by atoms with E-state index in [2.05, 4.69) is 14.9 Å². The normalized spacial score (nSPS) is 18.1. The van der Waals surface area contributed by atoms with Crippen LogP contribution in [0.2, 0.25) is 0 Å². The van der Waals surface area contributed by atoms with E-state index < -0.39 is 21.1 Å². The smallest absolute Gasteiger partial charge is 0.257 e. The molecular formula is C15H17FN4O3S. The average molecular weight is 352 g/mol. The summed E-state index contributed by atoms with van der Waals surface area (Å²) in [6.45, 7) is 0.427. The van der Waals surface area contributed by atoms with Crippen molar-refractivity contribution in [1.29, 1.82) is 0 Å². The minimum Gasteiger partial charge on any atom is -0.337 e. The Morgan fingerprint density at radius 2 is 2.17 bits per heavy atom. The third-order valence-electron chi connectivity index (χ3n) is 4.17. The molecule has 1 atom stereocenters. The van der Waals surface area contributed by atoms with Crippen LogP contribution in [0.15, 0.2) is 30.5 Å². The predicted molar refractivity (Wildman–Crippen MR) is 86.3 cm³/mol. The fraction of sp³-hybridized carbons (Fsp3) is 0.333. The molecule has 1 aromatic carbocycles. The highest BCUT2D eigenvalue weighted by atomic mass is 32.2. The van der Waals surface area contributed by atoms with Gasteiger partial charge in [-0.3, -0.25) is 9.89 Å². The summed E-state index contributed by atoms with van der Waals surface area (Å²) in [6.07, 6.45) is 1.70. The molecule has 7 nitrogen and oxygen atoms in total. The number of carbonyl (C=O) groups excluding carboxylic acids is 1. The molecular weight excluding hydrogens is 335 g/mol. The van der Waals surface area contributed by atoms with Crippen LogP contribution in [0.5, 0.6) is 0 Å². The molecule has 1 fully saturated rings. The number of H-pyrrole nitrogens is 1. The Hall–Kier alpha value is -2.26. The van der Waals surface area contributed by atoms with E-state index in [0.717, 1.165) is 0 Å². The second-order valence-corrected chi connectivity index (χ2v) is 7.71. The van der Waals surface area contributed by atoms with Gasteiger partial charge in [0.15, 0.2) is 0 Å². The number of hydrogen-bond donors (Lipinski definition) is 2. The van der Waals surface area contributed by atoms with Crippen molar-refractivity contribution in [1.82, 2.24) is 19.8 Å². The van der Waals surface area contributed by atoms with E-state index in [1.807, 2.05) is 0 Å². The van der Waals surface area contributed by atoms with Gasteiger partial charge in [-0.05, 0) is 25.6 Å². The van der Waals surface area contributed by atoms with Crippen LogP contribution in [-0.2, 0) is 10.0 Å². The van der Waals surface area contributed by atoms with Gasteiger partial charge in [-0.25, -0.2) is 17.5 Å². The highest BCUT2D eigenvalue weighted by Crippen LogP contribution is 2.26. The number of amides is 1. The number of aromatic nitrogens is 2. The van der Waals surface area contributed by atoms with Gasteiger partial charge >= 0.3 is 0 Å². The second kappa shape index (κ2) is 6.33. The lowest BCUT2D eigenvalue weighted by Gasteiger charge is -2.16. The van der Waals surface area contributed by atoms with Crippen LogP contribution in [-0.4, -0.2) is 54.8 Å². The molecule has 1 aliphatic rings. The monoisotopic (exact) mass is 352 g/mol. The summed E-state index contributed by atoms with van der Waals surface area (Å²) in [5.74, 6) is -0.830. The number of nitrogens with zero attached hydrogens (tertiary/aromatic N) is 2. The summed E-state index contributed by atoms with van der Waals surface area (Å²) >= 11 is 0. The van der Waals surface area contributed by atoms with Crippen molar-refractivity contribution in [2.24, 2.45) is 0 Å². The van der Waals surface area contributed by atoms with E-state index in [-0.39, 0.29) is 29.3 Å². The number of aromatic amines is 1. The molecule has 1 unspecified atom stereocenters. The molecule has 24 heavy (non-hydrogen) atoms. The fourth-order valence-electron chi connectivity index (χ4n) is 2.82. The van der Waals surface area contributed by atoms with E-state index in [0.29, 0.717) is 13.0 Å². The molecule has 3 rings (SSSR count). The van der Waals surface area contributed by atoms with Crippen molar-refractivity contribution in [3.05, 3.63) is 41.8 Å². The van der Waals surface area contributed by atoms with Gasteiger partial charge < -0.3 is 4.90 Å². The number of carbonyl (C=O) groups is 1. The Bertz CT molecular complexity index is 865. The largest absolute Gasteiger partial charge is 0.337 e. The molecule has 9 heteroatoms. The molecule has 2 aromatic rings. The molecule has 1 saturated heterocycles. The average Bonchev–Trinajstić information content (AvgIpc) is 3.24. The first-order valence-electron chi connectivity index (χ1n) is 7.44. The zero-order chi connectivity index (χ0) is 17.3. The van der Waals surface area contributed by atoms with Crippen LogP contribution in [0.4, 0.5) is 4.39 Å². The quantitative estimate of drug-likeness (QED) is 0.857. The number of rotatable bonds is 4. The van der Waals surface area contributed by atoms with Gasteiger partial charge in [0.05, 0.1) is 22.7 Å². The summed E-state index contributed by atoms with van der Waals surface area (Å²) in [6, 6.07) is 6.08. The Balaban J connectivity index is 1.86. The van der Waals surface area contributed by atoms with Crippen molar-refractivity contribution in [2.75, 3.05) is 20.1 Å². The first kappa shape index (κ1) is 16.6. The maximum atomic E-state index is 14.0. The highest BCUT2D eigenvalue weighted by molar-refractivity contribution is 7.90. The summed E-state index contributed by atoms with van der Waals surface area (Å²) in [5.41, 5.74) is 0.762. The van der Waals surface area contributed by atoms with Gasteiger partial charge in [-0.2, -0.15) is 5.10 Å². The van der Waals surface area contributed by atoms with Crippen LogP contribution in [0.1, 0.15) is 16.8 Å². The predicted octanol–water partition coefficient (Wildman–Crippen LogP) is 0.979. The minimum atomic E-state index is -3.43. The van der Waals surface area contributed by atoms with Crippen molar-refractivity contribution in [2.45, 2.75) is 11.7 Å². The SMILES string of the molecule is CNS(=O)(=O)C1CCN(C(=O)c2cn[nH]c2-c2ccccc2F)C1. The maximum absolute atomic E-state index is 14.0. The minimum absolute atomic E-state index is 0.101. The molecule has 0 aliphatic carbocycles. The molecule has 1 aliphatic heterocycles. The first-order valence-corrected chi connectivity index (χ1v) is 8.98. The molecule has 0 bridgehead atoms. The molecule has 2 N–H and O–H groups in total. The zero-order valence-electron chi connectivity index (χ0n) is 13.0. The standard InChI is InChI=1S/C15H17FN4O3S/c1-17-24(22,23)10-6-7-20(9-10)15(21)12-8-18-19-14(12)11-4-2-3-5-13(11)16/h2-5,8,10,17H,6-7,9H2,1H3,(H,18,19). The number of benzene rings is 1. The number of hydrogen-bond acceptors (Lipinski definition) is 4. The van der Waals surface area contributed by atoms with Gasteiger partial charge in [0, 0.05) is 18.7 Å². The van der Waals surface area contributed by atoms with Crippen LogP contribution < -0.4 is 4.72 Å². The lowest BCUT2D eigenvalue weighted by atomic mass is 10.1. The first-order chi connectivity index (χ1) is 11.4. The molecule has 0 spiro atoms. The van der Waals surface area contributed by atoms with Crippen LogP contribution in [0.3, 0.4) is 0 Å². The van der Waals surface area contributed by atoms with Crippen molar-refractivity contribution in [3.8, 4) is 11.3 Å². The lowest BCUT2D eigenvalue weighted by Crippen LogP contribution is -2.36. The second-order valence-electron chi connectivity index (χ2n) is 5.55. The van der Waals surface area contributed by atoms with Crippen molar-refractivity contribution < 1.29 is 17.6 Å². The van der Waals surface area contributed by atoms with Gasteiger partial charge in [0.25, 0.3) is 5.91 Å². The number of halogens is 1. The summed E-state index contributed by atoms with van der Waals surface area (Å²) in [5, 5.41) is 5.85. The Labute approximate surface area is 138 Å². The molecule has 2 heterocycles. The van der Waals surface area contributed by atoms with Crippen molar-refractivity contribution in [3.63, 3.8) is 0 Å². The van der Waals surface area contributed by atoms with Gasteiger partial charge in [-0.15, -0.1) is 0 Å². The summed E-state index contributed by atoms with van der Waals surface area (Å²) < 4.78 is 40.0. The molecule has 128 valence electrons. The topological polar surface area (TPSA) is 95.2 Å². The Morgan fingerprint density at radius 1 is 1.42 bits per heavy atom. The van der Waals surface area contributed by atoms with E-state index in [4.69, 9.17) is 0 Å². The van der Waals surface area contributed by atoms with Gasteiger partial charge in [0.2, 0.25) is 10.0 Å². The van der Waals surface area contributed by atoms with E-state index >= 15 is 0 Å². The third-order valence-corrected chi connectivity index (χ3v) is 6.00. The number of likely N-dealkylation sites (tertiary alicyclic amines) is 1. The molecule has 1 aromatic heterocycles. The van der Waals surface area contributed by atoms with Gasteiger partial charge in [0.1, 0.15) is 5.82 Å². The van der Waals surface area contributed by atoms with E-state index in [9.17, 15) is 17.6 Å². The van der Waals surface area contributed by atoms with Crippen LogP contribution in [0, 0.1) is 5.82 Å². The molecule has 0 saturated carbocycles. The lowest BCUT2D eigenvalue weighted by molar-refractivity contribution is 0.0794. The Kier molecular flexibility index (Phi) is 4.37. The van der Waals surface area contributed by atoms with E-state index in [1.165, 1.54) is 24.2 Å². The summed E-state index contributed by atoms with van der Waals surface area (Å²) in [7, 11) is -2.08.